The normalized spacial score (nSPS) is 12.3. The van der Waals surface area contributed by atoms with Crippen LogP contribution in [0.4, 0.5) is 13.2 Å². The molecule has 14 heavy (non-hydrogen) atoms. The van der Waals surface area contributed by atoms with Gasteiger partial charge in [0.15, 0.2) is 5.58 Å². The second-order valence-electron chi connectivity index (χ2n) is 2.68. The van der Waals surface area contributed by atoms with Crippen molar-refractivity contribution in [2.24, 2.45) is 0 Å². The SMILES string of the molecule is FC(F)(F)c1ccc2[c]coc2c1Cl. The minimum absolute atomic E-state index is 0.0153. The van der Waals surface area contributed by atoms with Gasteiger partial charge in [-0.2, -0.15) is 13.2 Å². The molecule has 73 valence electrons. The topological polar surface area (TPSA) is 13.1 Å². The average molecular weight is 220 g/mol. The van der Waals surface area contributed by atoms with Gasteiger partial charge in [0.1, 0.15) is 0 Å². The van der Waals surface area contributed by atoms with Crippen molar-refractivity contribution in [3.05, 3.63) is 35.0 Å². The molecule has 0 saturated heterocycles. The minimum atomic E-state index is -4.46. The average Bonchev–Trinajstić information content (AvgIpc) is 2.50. The van der Waals surface area contributed by atoms with Gasteiger partial charge >= 0.3 is 6.18 Å². The highest BCUT2D eigenvalue weighted by Gasteiger charge is 2.34. The molecule has 0 fully saturated rings. The number of halogens is 4. The maximum atomic E-state index is 12.3. The largest absolute Gasteiger partial charge is 0.462 e. The summed E-state index contributed by atoms with van der Waals surface area (Å²) >= 11 is 5.53. The molecular weight excluding hydrogens is 217 g/mol. The number of alkyl halides is 3. The molecule has 1 aromatic heterocycles. The highest BCUT2D eigenvalue weighted by molar-refractivity contribution is 6.35. The van der Waals surface area contributed by atoms with Crippen molar-refractivity contribution in [2.75, 3.05) is 0 Å². The van der Waals surface area contributed by atoms with Gasteiger partial charge in [0.25, 0.3) is 0 Å². The fourth-order valence-corrected chi connectivity index (χ4v) is 1.47. The van der Waals surface area contributed by atoms with E-state index >= 15 is 0 Å². The Morgan fingerprint density at radius 2 is 2.00 bits per heavy atom. The third-order valence-corrected chi connectivity index (χ3v) is 2.17. The highest BCUT2D eigenvalue weighted by Crippen LogP contribution is 2.38. The van der Waals surface area contributed by atoms with Crippen molar-refractivity contribution in [1.82, 2.24) is 0 Å². The van der Waals surface area contributed by atoms with Gasteiger partial charge in [-0.05, 0) is 12.1 Å². The lowest BCUT2D eigenvalue weighted by molar-refractivity contribution is -0.137. The van der Waals surface area contributed by atoms with Gasteiger partial charge in [-0.15, -0.1) is 0 Å². The molecule has 5 heteroatoms. The summed E-state index contributed by atoms with van der Waals surface area (Å²) in [6.45, 7) is 0. The lowest BCUT2D eigenvalue weighted by atomic mass is 10.1. The van der Waals surface area contributed by atoms with Crippen LogP contribution in [-0.4, -0.2) is 0 Å². The Bertz CT molecular complexity index is 472. The molecule has 0 atom stereocenters. The van der Waals surface area contributed by atoms with Crippen LogP contribution >= 0.6 is 11.6 Å². The summed E-state index contributed by atoms with van der Waals surface area (Å²) in [6, 6.07) is 4.81. The number of fused-ring (bicyclic) bond motifs is 1. The van der Waals surface area contributed by atoms with E-state index in [-0.39, 0.29) is 5.58 Å². The van der Waals surface area contributed by atoms with E-state index in [1.54, 1.807) is 0 Å². The molecule has 0 spiro atoms. The molecule has 1 heterocycles. The van der Waals surface area contributed by atoms with Crippen LogP contribution in [0.15, 0.2) is 22.8 Å². The smallest absolute Gasteiger partial charge is 0.417 e. The van der Waals surface area contributed by atoms with E-state index in [2.05, 4.69) is 6.07 Å². The lowest BCUT2D eigenvalue weighted by Crippen LogP contribution is -2.05. The monoisotopic (exact) mass is 219 g/mol. The molecule has 1 nitrogen and oxygen atoms in total. The molecular formula is C9H3ClF3O. The summed E-state index contributed by atoms with van der Waals surface area (Å²) in [4.78, 5) is 0. The van der Waals surface area contributed by atoms with E-state index in [1.165, 1.54) is 12.3 Å². The predicted molar refractivity (Wildman–Crippen MR) is 45.1 cm³/mol. The van der Waals surface area contributed by atoms with Crippen LogP contribution in [-0.2, 0) is 6.18 Å². The van der Waals surface area contributed by atoms with Crippen molar-refractivity contribution in [1.29, 1.82) is 0 Å². The van der Waals surface area contributed by atoms with Crippen molar-refractivity contribution in [2.45, 2.75) is 6.18 Å². The quantitative estimate of drug-likeness (QED) is 0.655. The Kier molecular flexibility index (Phi) is 1.96. The van der Waals surface area contributed by atoms with E-state index < -0.39 is 16.8 Å². The molecule has 0 aliphatic carbocycles. The van der Waals surface area contributed by atoms with E-state index in [0.29, 0.717) is 5.39 Å². The number of furan rings is 1. The first kappa shape index (κ1) is 9.40. The molecule has 0 amide bonds. The summed E-state index contributed by atoms with van der Waals surface area (Å²) < 4.78 is 41.8. The van der Waals surface area contributed by atoms with Gasteiger partial charge in [-0.25, -0.2) is 0 Å². The highest BCUT2D eigenvalue weighted by atomic mass is 35.5. The van der Waals surface area contributed by atoms with Gasteiger partial charge < -0.3 is 4.42 Å². The van der Waals surface area contributed by atoms with Crippen LogP contribution in [0, 0.1) is 6.07 Å². The molecule has 0 unspecified atom stereocenters. The van der Waals surface area contributed by atoms with Crippen molar-refractivity contribution in [3.63, 3.8) is 0 Å². The summed E-state index contributed by atoms with van der Waals surface area (Å²) in [5, 5.41) is 0.0132. The van der Waals surface area contributed by atoms with Gasteiger partial charge in [0.2, 0.25) is 0 Å². The molecule has 2 aromatic rings. The van der Waals surface area contributed by atoms with Crippen LogP contribution in [0.2, 0.25) is 5.02 Å². The van der Waals surface area contributed by atoms with E-state index in [4.69, 9.17) is 16.0 Å². The number of rotatable bonds is 0. The zero-order valence-electron chi connectivity index (χ0n) is 6.65. The predicted octanol–water partition coefficient (Wildman–Crippen LogP) is 3.91. The zero-order valence-corrected chi connectivity index (χ0v) is 7.41. The first-order valence-electron chi connectivity index (χ1n) is 3.65. The molecule has 0 N–H and O–H groups in total. The molecule has 0 aliphatic heterocycles. The van der Waals surface area contributed by atoms with Crippen LogP contribution < -0.4 is 0 Å². The van der Waals surface area contributed by atoms with Crippen molar-refractivity contribution in [3.8, 4) is 0 Å². The summed E-state index contributed by atoms with van der Waals surface area (Å²) in [6.07, 6.45) is -3.28. The molecule has 1 radical (unpaired) electrons. The fourth-order valence-electron chi connectivity index (χ4n) is 1.16. The Morgan fingerprint density at radius 1 is 1.29 bits per heavy atom. The van der Waals surface area contributed by atoms with Crippen LogP contribution in [0.3, 0.4) is 0 Å². The molecule has 1 aromatic carbocycles. The number of hydrogen-bond donors (Lipinski definition) is 0. The number of hydrogen-bond acceptors (Lipinski definition) is 1. The molecule has 0 bridgehead atoms. The fraction of sp³-hybridized carbons (Fsp3) is 0.111. The Hall–Kier alpha value is -1.16. The van der Waals surface area contributed by atoms with Crippen LogP contribution in [0.25, 0.3) is 11.0 Å². The van der Waals surface area contributed by atoms with E-state index in [9.17, 15) is 13.2 Å². The van der Waals surface area contributed by atoms with E-state index in [1.807, 2.05) is 0 Å². The van der Waals surface area contributed by atoms with Gasteiger partial charge in [0, 0.05) is 11.5 Å². The summed E-state index contributed by atoms with van der Waals surface area (Å²) in [7, 11) is 0. The summed E-state index contributed by atoms with van der Waals surface area (Å²) in [5.74, 6) is 0. The van der Waals surface area contributed by atoms with Gasteiger partial charge in [0.05, 0.1) is 16.8 Å². The van der Waals surface area contributed by atoms with Crippen molar-refractivity contribution < 1.29 is 17.6 Å². The van der Waals surface area contributed by atoms with E-state index in [0.717, 1.165) is 6.07 Å². The second-order valence-corrected chi connectivity index (χ2v) is 3.06. The maximum absolute atomic E-state index is 12.3. The lowest BCUT2D eigenvalue weighted by Gasteiger charge is -2.07. The minimum Gasteiger partial charge on any atom is -0.462 e. The van der Waals surface area contributed by atoms with Crippen molar-refractivity contribution >= 4 is 22.6 Å². The van der Waals surface area contributed by atoms with Crippen LogP contribution in [0.1, 0.15) is 5.56 Å². The Labute approximate surface area is 82.1 Å². The van der Waals surface area contributed by atoms with Gasteiger partial charge in [-0.3, -0.25) is 0 Å². The Morgan fingerprint density at radius 3 is 2.64 bits per heavy atom. The third kappa shape index (κ3) is 1.35. The third-order valence-electron chi connectivity index (χ3n) is 1.79. The molecule has 2 rings (SSSR count). The second kappa shape index (κ2) is 2.92. The molecule has 0 saturated carbocycles. The molecule has 0 aliphatic rings. The maximum Gasteiger partial charge on any atom is 0.417 e. The van der Waals surface area contributed by atoms with Gasteiger partial charge in [-0.1, -0.05) is 11.6 Å². The number of benzene rings is 1. The van der Waals surface area contributed by atoms with Crippen LogP contribution in [0.5, 0.6) is 0 Å². The summed E-state index contributed by atoms with van der Waals surface area (Å²) in [5.41, 5.74) is -0.878. The standard InChI is InChI=1S/C9H3ClF3O/c10-7-6(9(11,12)13)2-1-5-3-4-14-8(5)7/h1-2,4H. The first-order valence-corrected chi connectivity index (χ1v) is 4.02. The zero-order chi connectivity index (χ0) is 10.3. The first-order chi connectivity index (χ1) is 6.50. The Balaban J connectivity index is 2.74.